The zero-order valence-electron chi connectivity index (χ0n) is 12.0. The van der Waals surface area contributed by atoms with Gasteiger partial charge in [-0.1, -0.05) is 12.1 Å². The molecule has 0 aliphatic rings. The smallest absolute Gasteiger partial charge is 0.237 e. The van der Waals surface area contributed by atoms with E-state index in [9.17, 15) is 4.79 Å². The molecule has 0 aromatic heterocycles. The van der Waals surface area contributed by atoms with E-state index in [0.717, 1.165) is 10.6 Å². The minimum absolute atomic E-state index is 0.0753. The molecule has 0 radical (unpaired) electrons. The van der Waals surface area contributed by atoms with Gasteiger partial charge >= 0.3 is 0 Å². The second kappa shape index (κ2) is 7.04. The maximum atomic E-state index is 12.2. The van der Waals surface area contributed by atoms with Gasteiger partial charge in [-0.3, -0.25) is 4.79 Å². The number of benzene rings is 2. The molecule has 5 heteroatoms. The van der Waals surface area contributed by atoms with Crippen LogP contribution >= 0.6 is 11.8 Å². The quantitative estimate of drug-likeness (QED) is 0.656. The zero-order valence-corrected chi connectivity index (χ0v) is 12.8. The lowest BCUT2D eigenvalue weighted by Gasteiger charge is -2.13. The number of anilines is 2. The van der Waals surface area contributed by atoms with Crippen molar-refractivity contribution in [3.8, 4) is 5.75 Å². The Morgan fingerprint density at radius 2 is 1.86 bits per heavy atom. The van der Waals surface area contributed by atoms with Crippen molar-refractivity contribution in [2.24, 2.45) is 0 Å². The van der Waals surface area contributed by atoms with Crippen molar-refractivity contribution >= 4 is 29.0 Å². The zero-order chi connectivity index (χ0) is 15.2. The number of ether oxygens (including phenoxy) is 1. The van der Waals surface area contributed by atoms with Gasteiger partial charge in [0.05, 0.1) is 23.7 Å². The van der Waals surface area contributed by atoms with Gasteiger partial charge in [-0.2, -0.15) is 0 Å². The highest BCUT2D eigenvalue weighted by Gasteiger charge is 2.15. The maximum absolute atomic E-state index is 12.2. The summed E-state index contributed by atoms with van der Waals surface area (Å²) in [5.41, 5.74) is 7.02. The Kier molecular flexibility index (Phi) is 5.11. The van der Waals surface area contributed by atoms with Crippen LogP contribution in [0.25, 0.3) is 0 Å². The first-order valence-corrected chi connectivity index (χ1v) is 7.44. The first kappa shape index (κ1) is 15.3. The van der Waals surface area contributed by atoms with Crippen molar-refractivity contribution in [3.63, 3.8) is 0 Å². The van der Waals surface area contributed by atoms with Crippen LogP contribution in [-0.4, -0.2) is 18.3 Å². The average Bonchev–Trinajstić information content (AvgIpc) is 2.50. The van der Waals surface area contributed by atoms with Gasteiger partial charge < -0.3 is 15.8 Å². The van der Waals surface area contributed by atoms with Gasteiger partial charge in [-0.25, -0.2) is 0 Å². The molecule has 0 heterocycles. The van der Waals surface area contributed by atoms with Crippen molar-refractivity contribution < 1.29 is 9.53 Å². The molecule has 2 rings (SSSR count). The number of thioether (sulfide) groups is 1. The van der Waals surface area contributed by atoms with Gasteiger partial charge in [0.2, 0.25) is 5.91 Å². The van der Waals surface area contributed by atoms with Crippen LogP contribution in [0.5, 0.6) is 5.75 Å². The number of rotatable bonds is 5. The highest BCUT2D eigenvalue weighted by Crippen LogP contribution is 2.26. The molecule has 1 unspecified atom stereocenters. The Labute approximate surface area is 128 Å². The summed E-state index contributed by atoms with van der Waals surface area (Å²) < 4.78 is 5.11. The number of nitrogens with one attached hydrogen (secondary N) is 1. The van der Waals surface area contributed by atoms with E-state index in [1.165, 1.54) is 11.8 Å². The SMILES string of the molecule is COc1ccc(SC(C)C(=O)Nc2ccccc2N)cc1. The molecule has 21 heavy (non-hydrogen) atoms. The summed E-state index contributed by atoms with van der Waals surface area (Å²) in [6.07, 6.45) is 0. The number of hydrogen-bond donors (Lipinski definition) is 2. The fourth-order valence-corrected chi connectivity index (χ4v) is 2.62. The number of carbonyl (C=O) groups excluding carboxylic acids is 1. The Hall–Kier alpha value is -2.14. The molecule has 0 saturated heterocycles. The monoisotopic (exact) mass is 302 g/mol. The fraction of sp³-hybridized carbons (Fsp3) is 0.188. The molecule has 0 aliphatic carbocycles. The number of para-hydroxylation sites is 2. The first-order chi connectivity index (χ1) is 10.1. The Morgan fingerprint density at radius 1 is 1.19 bits per heavy atom. The summed E-state index contributed by atoms with van der Waals surface area (Å²) in [5.74, 6) is 0.724. The van der Waals surface area contributed by atoms with Crippen molar-refractivity contribution in [1.82, 2.24) is 0 Å². The normalized spacial score (nSPS) is 11.7. The van der Waals surface area contributed by atoms with E-state index in [4.69, 9.17) is 10.5 Å². The molecule has 1 amide bonds. The number of carbonyl (C=O) groups is 1. The predicted molar refractivity (Wildman–Crippen MR) is 87.8 cm³/mol. The Balaban J connectivity index is 1.97. The Bertz CT molecular complexity index is 614. The first-order valence-electron chi connectivity index (χ1n) is 6.56. The third-order valence-corrected chi connectivity index (χ3v) is 4.07. The average molecular weight is 302 g/mol. The van der Waals surface area contributed by atoms with Crippen LogP contribution in [0.4, 0.5) is 11.4 Å². The van der Waals surface area contributed by atoms with Crippen LogP contribution in [0, 0.1) is 0 Å². The summed E-state index contributed by atoms with van der Waals surface area (Å²) in [6.45, 7) is 1.86. The summed E-state index contributed by atoms with van der Waals surface area (Å²) in [5, 5.41) is 2.62. The van der Waals surface area contributed by atoms with Gasteiger partial charge in [0.25, 0.3) is 0 Å². The van der Waals surface area contributed by atoms with Crippen molar-refractivity contribution in [2.45, 2.75) is 17.1 Å². The van der Waals surface area contributed by atoms with Crippen LogP contribution in [0.1, 0.15) is 6.92 Å². The van der Waals surface area contributed by atoms with E-state index in [-0.39, 0.29) is 11.2 Å². The van der Waals surface area contributed by atoms with Gasteiger partial charge in [-0.15, -0.1) is 11.8 Å². The molecule has 0 bridgehead atoms. The molecule has 0 saturated carbocycles. The number of nitrogen functional groups attached to an aromatic ring is 1. The van der Waals surface area contributed by atoms with E-state index in [0.29, 0.717) is 11.4 Å². The molecule has 110 valence electrons. The summed E-state index contributed by atoms with van der Waals surface area (Å²) in [4.78, 5) is 13.2. The van der Waals surface area contributed by atoms with Gasteiger partial charge in [-0.05, 0) is 43.3 Å². The van der Waals surface area contributed by atoms with E-state index in [1.807, 2.05) is 43.3 Å². The standard InChI is InChI=1S/C16H18N2O2S/c1-11(21-13-9-7-12(20-2)8-10-13)16(19)18-15-6-4-3-5-14(15)17/h3-11H,17H2,1-2H3,(H,18,19). The molecule has 2 aromatic rings. The molecule has 2 aromatic carbocycles. The second-order valence-corrected chi connectivity index (χ2v) is 5.93. The maximum Gasteiger partial charge on any atom is 0.237 e. The van der Waals surface area contributed by atoms with Crippen molar-refractivity contribution in [1.29, 1.82) is 0 Å². The molecule has 1 atom stereocenters. The summed E-state index contributed by atoms with van der Waals surface area (Å²) in [7, 11) is 1.63. The van der Waals surface area contributed by atoms with Crippen LogP contribution in [0.2, 0.25) is 0 Å². The third kappa shape index (κ3) is 4.16. The molecule has 0 fully saturated rings. The third-order valence-electron chi connectivity index (χ3n) is 2.96. The number of methoxy groups -OCH3 is 1. The lowest BCUT2D eigenvalue weighted by Crippen LogP contribution is -2.22. The highest BCUT2D eigenvalue weighted by molar-refractivity contribution is 8.00. The van der Waals surface area contributed by atoms with Gasteiger partial charge in [0, 0.05) is 4.90 Å². The minimum Gasteiger partial charge on any atom is -0.497 e. The molecule has 4 nitrogen and oxygen atoms in total. The van der Waals surface area contributed by atoms with E-state index >= 15 is 0 Å². The van der Waals surface area contributed by atoms with Crippen LogP contribution in [-0.2, 0) is 4.79 Å². The molecular weight excluding hydrogens is 284 g/mol. The minimum atomic E-state index is -0.224. The molecule has 0 spiro atoms. The summed E-state index contributed by atoms with van der Waals surface area (Å²) >= 11 is 1.49. The van der Waals surface area contributed by atoms with Gasteiger partial charge in [0.15, 0.2) is 0 Å². The topological polar surface area (TPSA) is 64.3 Å². The summed E-state index contributed by atoms with van der Waals surface area (Å²) in [6, 6.07) is 14.8. The van der Waals surface area contributed by atoms with E-state index in [1.54, 1.807) is 19.2 Å². The van der Waals surface area contributed by atoms with Crippen LogP contribution in [0.3, 0.4) is 0 Å². The number of nitrogens with two attached hydrogens (primary N) is 1. The van der Waals surface area contributed by atoms with Crippen LogP contribution < -0.4 is 15.8 Å². The van der Waals surface area contributed by atoms with E-state index in [2.05, 4.69) is 5.32 Å². The molecule has 0 aliphatic heterocycles. The number of hydrogen-bond acceptors (Lipinski definition) is 4. The van der Waals surface area contributed by atoms with Gasteiger partial charge in [0.1, 0.15) is 5.75 Å². The fourth-order valence-electron chi connectivity index (χ4n) is 1.76. The predicted octanol–water partition coefficient (Wildman–Crippen LogP) is 3.40. The second-order valence-electron chi connectivity index (χ2n) is 4.51. The Morgan fingerprint density at radius 3 is 2.48 bits per heavy atom. The van der Waals surface area contributed by atoms with Crippen molar-refractivity contribution in [2.75, 3.05) is 18.2 Å². The number of amides is 1. The lowest BCUT2D eigenvalue weighted by molar-refractivity contribution is -0.115. The van der Waals surface area contributed by atoms with Crippen LogP contribution in [0.15, 0.2) is 53.4 Å². The van der Waals surface area contributed by atoms with E-state index < -0.39 is 0 Å². The van der Waals surface area contributed by atoms with Crippen molar-refractivity contribution in [3.05, 3.63) is 48.5 Å². The highest BCUT2D eigenvalue weighted by atomic mass is 32.2. The molecule has 3 N–H and O–H groups in total. The largest absolute Gasteiger partial charge is 0.497 e. The molecular formula is C16H18N2O2S. The lowest BCUT2D eigenvalue weighted by atomic mass is 10.2.